The van der Waals surface area contributed by atoms with Crippen LogP contribution in [0.4, 0.5) is 0 Å². The Hall–Kier alpha value is -2.21. The molecule has 1 saturated heterocycles. The lowest BCUT2D eigenvalue weighted by Crippen LogP contribution is -2.39. The van der Waals surface area contributed by atoms with Gasteiger partial charge in [0, 0.05) is 47.4 Å². The number of aliphatic hydroxyl groups is 1. The first kappa shape index (κ1) is 22.6. The van der Waals surface area contributed by atoms with Crippen LogP contribution in [0, 0.1) is 5.92 Å². The number of halogens is 1. The summed E-state index contributed by atoms with van der Waals surface area (Å²) in [5.41, 5.74) is 4.14. The molecule has 2 aliphatic rings. The van der Waals surface area contributed by atoms with Crippen molar-refractivity contribution in [1.29, 1.82) is 0 Å². The van der Waals surface area contributed by atoms with Crippen molar-refractivity contribution in [3.05, 3.63) is 64.3 Å². The molecule has 1 aromatic carbocycles. The molecule has 6 heteroatoms. The van der Waals surface area contributed by atoms with Crippen molar-refractivity contribution in [3.8, 4) is 21.6 Å². The smallest absolute Gasteiger partial charge is 0.253 e. The Bertz CT molecular complexity index is 1160. The second-order valence-electron chi connectivity index (χ2n) is 9.66. The van der Waals surface area contributed by atoms with Gasteiger partial charge < -0.3 is 10.0 Å². The summed E-state index contributed by atoms with van der Waals surface area (Å²) in [5.74, 6) is 0.757. The number of rotatable bonds is 5. The molecule has 1 N–H and O–H groups in total. The molecule has 1 saturated carbocycles. The fourth-order valence-corrected chi connectivity index (χ4v) is 6.02. The molecule has 33 heavy (non-hydrogen) atoms. The molecule has 0 spiro atoms. The van der Waals surface area contributed by atoms with Gasteiger partial charge in [0.15, 0.2) is 0 Å². The van der Waals surface area contributed by atoms with Gasteiger partial charge in [0.1, 0.15) is 0 Å². The minimum atomic E-state index is -0.579. The van der Waals surface area contributed by atoms with Crippen molar-refractivity contribution in [1.82, 2.24) is 9.88 Å². The maximum Gasteiger partial charge on any atom is 0.253 e. The summed E-state index contributed by atoms with van der Waals surface area (Å²) in [6.07, 6.45) is 7.35. The van der Waals surface area contributed by atoms with Gasteiger partial charge in [-0.15, -0.1) is 11.3 Å². The van der Waals surface area contributed by atoms with E-state index in [0.717, 1.165) is 72.5 Å². The van der Waals surface area contributed by atoms with Gasteiger partial charge in [-0.05, 0) is 84.9 Å². The van der Waals surface area contributed by atoms with Crippen molar-refractivity contribution in [3.63, 3.8) is 0 Å². The number of pyridine rings is 1. The van der Waals surface area contributed by atoms with Crippen LogP contribution in [-0.4, -0.2) is 39.6 Å². The van der Waals surface area contributed by atoms with Crippen LogP contribution in [0.15, 0.2) is 48.0 Å². The summed E-state index contributed by atoms with van der Waals surface area (Å²) in [6, 6.07) is 11.9. The van der Waals surface area contributed by atoms with Gasteiger partial charge in [-0.25, -0.2) is 0 Å². The van der Waals surface area contributed by atoms with E-state index in [0.29, 0.717) is 22.9 Å². The van der Waals surface area contributed by atoms with E-state index in [9.17, 15) is 9.90 Å². The highest BCUT2D eigenvalue weighted by molar-refractivity contribution is 7.14. The van der Waals surface area contributed by atoms with Crippen LogP contribution in [0.1, 0.15) is 55.1 Å². The fraction of sp³-hybridized carbons (Fsp3) is 0.407. The molecular formula is C27H29ClN2O2S. The summed E-state index contributed by atoms with van der Waals surface area (Å²) in [4.78, 5) is 20.4. The third kappa shape index (κ3) is 4.86. The molecule has 2 fully saturated rings. The van der Waals surface area contributed by atoms with E-state index in [2.05, 4.69) is 29.4 Å². The average Bonchev–Trinajstić information content (AvgIpc) is 3.28. The maximum absolute atomic E-state index is 12.9. The number of piperidine rings is 1. The van der Waals surface area contributed by atoms with Crippen LogP contribution in [0.3, 0.4) is 0 Å². The van der Waals surface area contributed by atoms with Crippen LogP contribution in [0.2, 0.25) is 5.02 Å². The second-order valence-corrected chi connectivity index (χ2v) is 11.0. The second kappa shape index (κ2) is 9.21. The van der Waals surface area contributed by atoms with Crippen molar-refractivity contribution < 1.29 is 9.90 Å². The number of hydrogen-bond donors (Lipinski definition) is 1. The molecule has 0 atom stereocenters. The number of hydrogen-bond acceptors (Lipinski definition) is 4. The fourth-order valence-electron chi connectivity index (χ4n) is 4.72. The number of nitrogens with zero attached hydrogens (tertiary/aromatic N) is 2. The highest BCUT2D eigenvalue weighted by Gasteiger charge is 2.34. The predicted octanol–water partition coefficient (Wildman–Crippen LogP) is 6.46. The van der Waals surface area contributed by atoms with Crippen LogP contribution in [0.25, 0.3) is 21.6 Å². The van der Waals surface area contributed by atoms with Gasteiger partial charge >= 0.3 is 0 Å². The van der Waals surface area contributed by atoms with E-state index in [1.165, 1.54) is 0 Å². The van der Waals surface area contributed by atoms with E-state index < -0.39 is 5.60 Å². The van der Waals surface area contributed by atoms with E-state index in [1.807, 2.05) is 29.3 Å². The van der Waals surface area contributed by atoms with E-state index in [-0.39, 0.29) is 5.91 Å². The minimum absolute atomic E-state index is 0.0691. The van der Waals surface area contributed by atoms with Crippen molar-refractivity contribution in [2.45, 2.75) is 51.0 Å². The zero-order chi connectivity index (χ0) is 23.0. The third-order valence-corrected chi connectivity index (χ3v) is 8.37. The molecule has 172 valence electrons. The average molecular weight is 481 g/mol. The number of thiophene rings is 1. The lowest BCUT2D eigenvalue weighted by Gasteiger charge is -2.36. The standard InChI is InChI=1S/C27H29ClN2O2S/c1-18-6-11-30(12-7-18)26(31)20-3-4-23(24(28)14-20)25-15-21(17-33-25)19-5-10-29-22(13-19)16-27(32)8-2-9-27/h3-5,10,13-15,17-18,32H,2,6-9,11-12,16H2,1H3. The zero-order valence-electron chi connectivity index (χ0n) is 18.9. The van der Waals surface area contributed by atoms with Crippen LogP contribution < -0.4 is 0 Å². The molecule has 1 amide bonds. The minimum Gasteiger partial charge on any atom is -0.389 e. The molecule has 0 bridgehead atoms. The normalized spacial score (nSPS) is 18.2. The van der Waals surface area contributed by atoms with Gasteiger partial charge in [-0.2, -0.15) is 0 Å². The van der Waals surface area contributed by atoms with E-state index in [4.69, 9.17) is 11.6 Å². The lowest BCUT2D eigenvalue weighted by atomic mass is 9.77. The number of benzene rings is 1. The zero-order valence-corrected chi connectivity index (χ0v) is 20.5. The highest BCUT2D eigenvalue weighted by Crippen LogP contribution is 2.38. The molecule has 5 rings (SSSR count). The Labute approximate surface area is 204 Å². The maximum atomic E-state index is 12.9. The van der Waals surface area contributed by atoms with Gasteiger partial charge in [0.05, 0.1) is 10.6 Å². The molecule has 1 aliphatic carbocycles. The van der Waals surface area contributed by atoms with E-state index in [1.54, 1.807) is 17.4 Å². The summed E-state index contributed by atoms with van der Waals surface area (Å²) in [5, 5.41) is 13.2. The number of aromatic nitrogens is 1. The Kier molecular flexibility index (Phi) is 6.30. The van der Waals surface area contributed by atoms with Crippen molar-refractivity contribution >= 4 is 28.8 Å². The first-order valence-electron chi connectivity index (χ1n) is 11.8. The van der Waals surface area contributed by atoms with Gasteiger partial charge in [-0.3, -0.25) is 9.78 Å². The summed E-state index contributed by atoms with van der Waals surface area (Å²) < 4.78 is 0. The molecule has 0 unspecified atom stereocenters. The summed E-state index contributed by atoms with van der Waals surface area (Å²) in [6.45, 7) is 3.88. The number of likely N-dealkylation sites (tertiary alicyclic amines) is 1. The Morgan fingerprint density at radius 1 is 1.18 bits per heavy atom. The van der Waals surface area contributed by atoms with Gasteiger partial charge in [-0.1, -0.05) is 24.6 Å². The topological polar surface area (TPSA) is 53.4 Å². The van der Waals surface area contributed by atoms with E-state index >= 15 is 0 Å². The Morgan fingerprint density at radius 2 is 1.97 bits per heavy atom. The molecule has 2 aromatic heterocycles. The summed E-state index contributed by atoms with van der Waals surface area (Å²) in [7, 11) is 0. The first-order valence-corrected chi connectivity index (χ1v) is 13.0. The molecule has 1 aliphatic heterocycles. The van der Waals surface area contributed by atoms with Crippen molar-refractivity contribution in [2.24, 2.45) is 5.92 Å². The Balaban J connectivity index is 1.33. The SMILES string of the molecule is CC1CCN(C(=O)c2ccc(-c3cc(-c4ccnc(CC5(O)CCC5)c4)cs3)c(Cl)c2)CC1. The van der Waals surface area contributed by atoms with Crippen LogP contribution in [0.5, 0.6) is 0 Å². The van der Waals surface area contributed by atoms with Crippen LogP contribution >= 0.6 is 22.9 Å². The molecule has 3 aromatic rings. The molecule has 0 radical (unpaired) electrons. The molecule has 4 nitrogen and oxygen atoms in total. The largest absolute Gasteiger partial charge is 0.389 e. The highest BCUT2D eigenvalue weighted by atomic mass is 35.5. The number of carbonyl (C=O) groups excluding carboxylic acids is 1. The Morgan fingerprint density at radius 3 is 2.67 bits per heavy atom. The van der Waals surface area contributed by atoms with Gasteiger partial charge in [0.2, 0.25) is 0 Å². The quantitative estimate of drug-likeness (QED) is 0.456. The molecule has 3 heterocycles. The van der Waals surface area contributed by atoms with Crippen LogP contribution in [-0.2, 0) is 6.42 Å². The third-order valence-electron chi connectivity index (χ3n) is 7.10. The summed E-state index contributed by atoms with van der Waals surface area (Å²) >= 11 is 8.28. The van der Waals surface area contributed by atoms with Crippen molar-refractivity contribution in [2.75, 3.05) is 13.1 Å². The first-order chi connectivity index (χ1) is 15.9. The number of amides is 1. The number of carbonyl (C=O) groups is 1. The monoisotopic (exact) mass is 480 g/mol. The lowest BCUT2D eigenvalue weighted by molar-refractivity contribution is -0.0330. The predicted molar refractivity (Wildman–Crippen MR) is 135 cm³/mol. The van der Waals surface area contributed by atoms with Gasteiger partial charge in [0.25, 0.3) is 5.91 Å². The molecular weight excluding hydrogens is 452 g/mol.